The van der Waals surface area contributed by atoms with Gasteiger partial charge in [-0.3, -0.25) is 4.84 Å². The third-order valence-corrected chi connectivity index (χ3v) is 4.60. The van der Waals surface area contributed by atoms with Gasteiger partial charge in [-0.25, -0.2) is 5.90 Å². The Labute approximate surface area is 92.9 Å². The molecule has 0 radical (unpaired) electrons. The van der Waals surface area contributed by atoms with Crippen molar-refractivity contribution >= 4 is 21.6 Å². The van der Waals surface area contributed by atoms with Crippen LogP contribution < -0.4 is 5.90 Å². The minimum atomic E-state index is -0.0800. The quantitative estimate of drug-likeness (QED) is 0.477. The Bertz CT molecular complexity index is 254. The number of benzene rings is 1. The van der Waals surface area contributed by atoms with Crippen molar-refractivity contribution in [2.45, 2.75) is 24.5 Å². The van der Waals surface area contributed by atoms with Crippen molar-refractivity contribution in [3.05, 3.63) is 35.9 Å². The van der Waals surface area contributed by atoms with E-state index in [4.69, 9.17) is 10.7 Å². The molecule has 1 unspecified atom stereocenters. The lowest BCUT2D eigenvalue weighted by Crippen LogP contribution is -2.05. The predicted molar refractivity (Wildman–Crippen MR) is 64.8 cm³/mol. The Hall–Kier alpha value is -0.160. The van der Waals surface area contributed by atoms with Gasteiger partial charge in [-0.15, -0.1) is 0 Å². The van der Waals surface area contributed by atoms with E-state index in [2.05, 4.69) is 13.8 Å². The van der Waals surface area contributed by atoms with Crippen molar-refractivity contribution in [3.8, 4) is 0 Å². The van der Waals surface area contributed by atoms with E-state index in [1.165, 1.54) is 0 Å². The maximum Gasteiger partial charge on any atom is 0.159 e. The van der Waals surface area contributed by atoms with Crippen LogP contribution in [0.15, 0.2) is 30.3 Å². The first-order valence-electron chi connectivity index (χ1n) is 4.46. The third kappa shape index (κ3) is 3.92. The second-order valence-corrected chi connectivity index (χ2v) is 6.03. The molecule has 14 heavy (non-hydrogen) atoms. The Balaban J connectivity index is 2.54. The lowest BCUT2D eigenvalue weighted by molar-refractivity contribution is 0.117. The van der Waals surface area contributed by atoms with Crippen molar-refractivity contribution in [3.63, 3.8) is 0 Å². The second kappa shape index (κ2) is 6.35. The summed E-state index contributed by atoms with van der Waals surface area (Å²) in [5.74, 6) is 5.26. The van der Waals surface area contributed by atoms with Crippen LogP contribution in [0.4, 0.5) is 0 Å². The molecule has 0 aliphatic rings. The van der Waals surface area contributed by atoms with Gasteiger partial charge in [-0.05, 0) is 5.56 Å². The summed E-state index contributed by atoms with van der Waals surface area (Å²) in [5.41, 5.74) is 1.02. The molecule has 0 aliphatic carbocycles. The van der Waals surface area contributed by atoms with E-state index in [-0.39, 0.29) is 5.44 Å². The van der Waals surface area contributed by atoms with E-state index >= 15 is 0 Å². The van der Waals surface area contributed by atoms with Gasteiger partial charge in [-0.2, -0.15) is 0 Å². The number of hydrogen-bond acceptors (Lipinski definition) is 4. The normalized spacial score (nSPS) is 13.1. The molecular formula is C10H15NOS2. The van der Waals surface area contributed by atoms with Crippen LogP contribution in [0.5, 0.6) is 0 Å². The van der Waals surface area contributed by atoms with E-state index in [1.807, 2.05) is 30.3 Å². The molecule has 1 aromatic rings. The van der Waals surface area contributed by atoms with Crippen molar-refractivity contribution in [2.24, 2.45) is 5.90 Å². The molecule has 1 rings (SSSR count). The predicted octanol–water partition coefficient (Wildman–Crippen LogP) is 3.37. The first kappa shape index (κ1) is 11.9. The van der Waals surface area contributed by atoms with Gasteiger partial charge in [0.25, 0.3) is 0 Å². The van der Waals surface area contributed by atoms with Crippen molar-refractivity contribution < 1.29 is 4.84 Å². The molecule has 0 bridgehead atoms. The molecule has 0 fully saturated rings. The standard InChI is InChI=1S/C10H15NOS2/c1-8(2)13-14-10(12-11)9-6-4-3-5-7-9/h3-8,10H,11H2,1-2H3. The van der Waals surface area contributed by atoms with Gasteiger partial charge in [0, 0.05) is 5.25 Å². The molecular weight excluding hydrogens is 214 g/mol. The molecule has 2 nitrogen and oxygen atoms in total. The van der Waals surface area contributed by atoms with Crippen LogP contribution in [0.2, 0.25) is 0 Å². The zero-order chi connectivity index (χ0) is 10.4. The number of nitrogens with two attached hydrogens (primary N) is 1. The summed E-state index contributed by atoms with van der Waals surface area (Å²) in [6.45, 7) is 4.30. The lowest BCUT2D eigenvalue weighted by atomic mass is 10.2. The average molecular weight is 229 g/mol. The van der Waals surface area contributed by atoms with Gasteiger partial charge in [-0.1, -0.05) is 65.8 Å². The molecule has 0 spiro atoms. The third-order valence-electron chi connectivity index (χ3n) is 1.53. The molecule has 78 valence electrons. The smallest absolute Gasteiger partial charge is 0.159 e. The minimum absolute atomic E-state index is 0.0800. The van der Waals surface area contributed by atoms with Gasteiger partial charge >= 0.3 is 0 Å². The number of rotatable bonds is 5. The van der Waals surface area contributed by atoms with Crippen LogP contribution in [0.1, 0.15) is 24.8 Å². The summed E-state index contributed by atoms with van der Waals surface area (Å²) in [6, 6.07) is 10.00. The van der Waals surface area contributed by atoms with Gasteiger partial charge in [0.2, 0.25) is 0 Å². The Morgan fingerprint density at radius 2 is 1.79 bits per heavy atom. The van der Waals surface area contributed by atoms with Crippen LogP contribution in [0.25, 0.3) is 0 Å². The van der Waals surface area contributed by atoms with Crippen molar-refractivity contribution in [1.29, 1.82) is 0 Å². The Kier molecular flexibility index (Phi) is 5.40. The summed E-state index contributed by atoms with van der Waals surface area (Å²) in [6.07, 6.45) is 0. The molecule has 1 atom stereocenters. The average Bonchev–Trinajstić information content (AvgIpc) is 2.20. The zero-order valence-electron chi connectivity index (χ0n) is 8.34. The SMILES string of the molecule is CC(C)SSC(ON)c1ccccc1. The first-order valence-corrected chi connectivity index (χ1v) is 6.74. The fourth-order valence-corrected chi connectivity index (χ4v) is 3.00. The highest BCUT2D eigenvalue weighted by molar-refractivity contribution is 8.76. The summed E-state index contributed by atoms with van der Waals surface area (Å²) >= 11 is 0. The van der Waals surface area contributed by atoms with Crippen LogP contribution in [-0.2, 0) is 4.84 Å². The summed E-state index contributed by atoms with van der Waals surface area (Å²) in [4.78, 5) is 4.93. The van der Waals surface area contributed by atoms with Crippen LogP contribution >= 0.6 is 21.6 Å². The van der Waals surface area contributed by atoms with Gasteiger partial charge in [0.05, 0.1) is 0 Å². The summed E-state index contributed by atoms with van der Waals surface area (Å²) in [7, 11) is 3.42. The molecule has 0 aliphatic heterocycles. The van der Waals surface area contributed by atoms with E-state index in [0.29, 0.717) is 5.25 Å². The molecule has 0 aromatic heterocycles. The first-order chi connectivity index (χ1) is 6.74. The highest BCUT2D eigenvalue weighted by atomic mass is 33.1. The molecule has 0 amide bonds. The van der Waals surface area contributed by atoms with Crippen molar-refractivity contribution in [2.75, 3.05) is 0 Å². The van der Waals surface area contributed by atoms with E-state index in [1.54, 1.807) is 21.6 Å². The monoisotopic (exact) mass is 229 g/mol. The molecule has 1 aromatic carbocycles. The fourth-order valence-electron chi connectivity index (χ4n) is 0.929. The van der Waals surface area contributed by atoms with E-state index in [9.17, 15) is 0 Å². The van der Waals surface area contributed by atoms with Gasteiger partial charge < -0.3 is 0 Å². The molecule has 4 heteroatoms. The van der Waals surface area contributed by atoms with Crippen LogP contribution in [0, 0.1) is 0 Å². The summed E-state index contributed by atoms with van der Waals surface area (Å²) < 4.78 is 0. The zero-order valence-corrected chi connectivity index (χ0v) is 9.98. The van der Waals surface area contributed by atoms with Crippen LogP contribution in [-0.4, -0.2) is 5.25 Å². The Morgan fingerprint density at radius 3 is 2.29 bits per heavy atom. The van der Waals surface area contributed by atoms with Crippen LogP contribution in [0.3, 0.4) is 0 Å². The van der Waals surface area contributed by atoms with E-state index < -0.39 is 0 Å². The maximum absolute atomic E-state index is 5.26. The Morgan fingerprint density at radius 1 is 1.14 bits per heavy atom. The number of hydrogen-bond donors (Lipinski definition) is 1. The van der Waals surface area contributed by atoms with Gasteiger partial charge in [0.15, 0.2) is 5.44 Å². The second-order valence-electron chi connectivity index (χ2n) is 3.12. The van der Waals surface area contributed by atoms with Gasteiger partial charge in [0.1, 0.15) is 0 Å². The largest absolute Gasteiger partial charge is 0.285 e. The molecule has 0 saturated carbocycles. The maximum atomic E-state index is 5.26. The van der Waals surface area contributed by atoms with E-state index in [0.717, 1.165) is 5.56 Å². The molecule has 0 heterocycles. The highest BCUT2D eigenvalue weighted by Gasteiger charge is 2.12. The van der Waals surface area contributed by atoms with Crippen molar-refractivity contribution in [1.82, 2.24) is 0 Å². The molecule has 2 N–H and O–H groups in total. The highest BCUT2D eigenvalue weighted by Crippen LogP contribution is 2.39. The topological polar surface area (TPSA) is 35.2 Å². The minimum Gasteiger partial charge on any atom is -0.285 e. The lowest BCUT2D eigenvalue weighted by Gasteiger charge is -2.14. The molecule has 0 saturated heterocycles. The fraction of sp³-hybridized carbons (Fsp3) is 0.400. The summed E-state index contributed by atoms with van der Waals surface area (Å²) in [5, 5.41) is 0.571.